The number of para-hydroxylation sites is 1. The zero-order valence-electron chi connectivity index (χ0n) is 20.0. The molecule has 2 rings (SSSR count). The van der Waals surface area contributed by atoms with Crippen molar-refractivity contribution in [3.8, 4) is 17.2 Å². The van der Waals surface area contributed by atoms with E-state index in [-0.39, 0.29) is 54.6 Å². The van der Waals surface area contributed by atoms with Crippen molar-refractivity contribution in [2.24, 2.45) is 11.1 Å². The molecule has 0 fully saturated rings. The first-order valence-electron chi connectivity index (χ1n) is 11.1. The van der Waals surface area contributed by atoms with Gasteiger partial charge < -0.3 is 34.3 Å². The highest BCUT2D eigenvalue weighted by Gasteiger charge is 2.18. The molecular formula is C24H26N2O11. The summed E-state index contributed by atoms with van der Waals surface area (Å²) >= 11 is 0. The Hall–Kier alpha value is -4.52. The normalized spacial score (nSPS) is 10.1. The van der Waals surface area contributed by atoms with Crippen LogP contribution < -0.4 is 19.9 Å². The van der Waals surface area contributed by atoms with Crippen LogP contribution in [0, 0.1) is 4.91 Å². The average Bonchev–Trinajstić information content (AvgIpc) is 2.86. The molecule has 13 heteroatoms. The highest BCUT2D eigenvalue weighted by molar-refractivity contribution is 5.94. The van der Waals surface area contributed by atoms with Crippen molar-refractivity contribution in [3.63, 3.8) is 0 Å². The highest BCUT2D eigenvalue weighted by Crippen LogP contribution is 2.29. The van der Waals surface area contributed by atoms with E-state index in [1.165, 1.54) is 37.3 Å². The van der Waals surface area contributed by atoms with E-state index in [4.69, 9.17) is 29.4 Å². The molecule has 0 unspecified atom stereocenters. The number of esters is 4. The molecule has 2 aromatic carbocycles. The van der Waals surface area contributed by atoms with Gasteiger partial charge in [0.25, 0.3) is 0 Å². The summed E-state index contributed by atoms with van der Waals surface area (Å²) in [5.41, 5.74) is 5.34. The lowest BCUT2D eigenvalue weighted by Gasteiger charge is -2.13. The number of rotatable bonds is 15. The molecule has 198 valence electrons. The first kappa shape index (κ1) is 28.7. The van der Waals surface area contributed by atoms with Gasteiger partial charge in [-0.25, -0.2) is 9.59 Å². The van der Waals surface area contributed by atoms with Crippen LogP contribution in [-0.2, 0) is 23.9 Å². The predicted molar refractivity (Wildman–Crippen MR) is 126 cm³/mol. The zero-order valence-corrected chi connectivity index (χ0v) is 20.0. The number of nitrogens with two attached hydrogens (primary N) is 1. The second-order valence-corrected chi connectivity index (χ2v) is 7.21. The topological polar surface area (TPSA) is 179 Å². The van der Waals surface area contributed by atoms with Crippen LogP contribution in [0.2, 0.25) is 0 Å². The van der Waals surface area contributed by atoms with Crippen LogP contribution in [-0.4, -0.2) is 50.4 Å². The number of carbonyl (C=O) groups excluding carboxylic acids is 4. The van der Waals surface area contributed by atoms with E-state index in [0.717, 1.165) is 0 Å². The van der Waals surface area contributed by atoms with E-state index >= 15 is 0 Å². The van der Waals surface area contributed by atoms with Gasteiger partial charge in [0.2, 0.25) is 6.79 Å². The summed E-state index contributed by atoms with van der Waals surface area (Å²) in [6, 6.07) is 9.93. The molecule has 0 radical (unpaired) electrons. The van der Waals surface area contributed by atoms with Gasteiger partial charge in [-0.15, -0.1) is 4.91 Å². The molecule has 0 aliphatic rings. The van der Waals surface area contributed by atoms with Crippen molar-refractivity contribution in [2.75, 3.05) is 26.6 Å². The van der Waals surface area contributed by atoms with E-state index in [9.17, 15) is 24.1 Å². The molecule has 0 amide bonds. The van der Waals surface area contributed by atoms with Gasteiger partial charge in [0.05, 0.1) is 18.6 Å². The van der Waals surface area contributed by atoms with Gasteiger partial charge >= 0.3 is 23.9 Å². The summed E-state index contributed by atoms with van der Waals surface area (Å²) < 4.78 is 25.8. The van der Waals surface area contributed by atoms with Crippen LogP contribution >= 0.6 is 0 Å². The van der Waals surface area contributed by atoms with Crippen LogP contribution in [0.5, 0.6) is 17.2 Å². The Morgan fingerprint density at radius 3 is 2.32 bits per heavy atom. The molecule has 2 N–H and O–H groups in total. The van der Waals surface area contributed by atoms with Gasteiger partial charge in [0, 0.05) is 13.5 Å². The number of hydrogen-bond acceptors (Lipinski definition) is 13. The summed E-state index contributed by atoms with van der Waals surface area (Å²) in [5.74, 6) is -2.86. The van der Waals surface area contributed by atoms with E-state index in [1.807, 2.05) is 0 Å². The van der Waals surface area contributed by atoms with Crippen LogP contribution in [0.15, 0.2) is 47.8 Å². The van der Waals surface area contributed by atoms with Gasteiger partial charge in [0.1, 0.15) is 17.9 Å². The number of nitrogens with zero attached hydrogens (tertiary/aromatic N) is 1. The van der Waals surface area contributed by atoms with E-state index in [0.29, 0.717) is 12.8 Å². The lowest BCUT2D eigenvalue weighted by atomic mass is 10.2. The molecule has 0 heterocycles. The SMILES string of the molecule is CC(=O)Oc1ccccc1C(=O)OCOC(=O)c1ccc(OCCCCON=O)c(OC(=O)CCN)c1. The van der Waals surface area contributed by atoms with E-state index in [1.54, 1.807) is 12.1 Å². The average molecular weight is 518 g/mol. The molecule has 0 aliphatic heterocycles. The monoisotopic (exact) mass is 518 g/mol. The molecular weight excluding hydrogens is 492 g/mol. The number of benzene rings is 2. The molecule has 37 heavy (non-hydrogen) atoms. The summed E-state index contributed by atoms with van der Waals surface area (Å²) in [4.78, 5) is 62.2. The molecule has 0 aromatic heterocycles. The molecule has 0 bridgehead atoms. The standard InChI is InChI=1S/C24H26N2O11/c1-16(27)36-19-7-3-2-6-18(19)24(30)34-15-33-23(29)17-8-9-20(32-12-4-5-13-35-26-31)21(14-17)37-22(28)10-11-25/h2-3,6-9,14H,4-5,10-13,15,25H2,1H3. The molecule has 13 nitrogen and oxygen atoms in total. The van der Waals surface area contributed by atoms with E-state index < -0.39 is 30.7 Å². The van der Waals surface area contributed by atoms with Crippen LogP contribution in [0.3, 0.4) is 0 Å². The van der Waals surface area contributed by atoms with Crippen molar-refractivity contribution in [1.82, 2.24) is 0 Å². The molecule has 0 spiro atoms. The minimum Gasteiger partial charge on any atom is -0.490 e. The van der Waals surface area contributed by atoms with Gasteiger partial charge in [-0.1, -0.05) is 12.1 Å². The first-order chi connectivity index (χ1) is 17.8. The summed E-state index contributed by atoms with van der Waals surface area (Å²) in [7, 11) is 0. The molecule has 0 aliphatic carbocycles. The minimum atomic E-state index is -0.876. The van der Waals surface area contributed by atoms with Gasteiger partial charge in [-0.3, -0.25) is 9.59 Å². The summed E-state index contributed by atoms with van der Waals surface area (Å²) in [6.45, 7) is 0.858. The van der Waals surface area contributed by atoms with Gasteiger partial charge in [-0.2, -0.15) is 0 Å². The van der Waals surface area contributed by atoms with Crippen molar-refractivity contribution in [3.05, 3.63) is 58.5 Å². The number of carbonyl (C=O) groups is 4. The maximum atomic E-state index is 12.5. The Bertz CT molecular complexity index is 1100. The Labute approximate surface area is 211 Å². The van der Waals surface area contributed by atoms with Crippen molar-refractivity contribution < 1.29 is 47.7 Å². The molecule has 0 atom stereocenters. The maximum absolute atomic E-state index is 12.5. The number of unbranched alkanes of at least 4 members (excludes halogenated alkanes) is 1. The second kappa shape index (κ2) is 15.5. The van der Waals surface area contributed by atoms with E-state index in [2.05, 4.69) is 10.2 Å². The van der Waals surface area contributed by atoms with Gasteiger partial charge in [0.15, 0.2) is 16.8 Å². The number of hydrogen-bond donors (Lipinski definition) is 1. The second-order valence-electron chi connectivity index (χ2n) is 7.21. The van der Waals surface area contributed by atoms with Crippen LogP contribution in [0.25, 0.3) is 0 Å². The summed E-state index contributed by atoms with van der Waals surface area (Å²) in [5, 5.41) is 2.29. The van der Waals surface area contributed by atoms with Crippen LogP contribution in [0.4, 0.5) is 0 Å². The smallest absolute Gasteiger partial charge is 0.344 e. The minimum absolute atomic E-state index is 0.00113. The fourth-order valence-electron chi connectivity index (χ4n) is 2.79. The van der Waals surface area contributed by atoms with Crippen molar-refractivity contribution in [1.29, 1.82) is 0 Å². The quantitative estimate of drug-likeness (QED) is 0.0911. The highest BCUT2D eigenvalue weighted by atomic mass is 16.7. The third-order valence-electron chi connectivity index (χ3n) is 4.43. The Balaban J connectivity index is 2.01. The largest absolute Gasteiger partial charge is 0.490 e. The Morgan fingerprint density at radius 1 is 0.865 bits per heavy atom. The van der Waals surface area contributed by atoms with Gasteiger partial charge in [-0.05, 0) is 43.2 Å². The van der Waals surface area contributed by atoms with Crippen molar-refractivity contribution >= 4 is 23.9 Å². The fraction of sp³-hybridized carbons (Fsp3) is 0.333. The molecule has 0 saturated heterocycles. The zero-order chi connectivity index (χ0) is 27.0. The third-order valence-corrected chi connectivity index (χ3v) is 4.43. The third kappa shape index (κ3) is 9.93. The van der Waals surface area contributed by atoms with Crippen molar-refractivity contribution in [2.45, 2.75) is 26.2 Å². The predicted octanol–water partition coefficient (Wildman–Crippen LogP) is 2.69. The lowest BCUT2D eigenvalue weighted by Crippen LogP contribution is -2.16. The Kier molecular flexibility index (Phi) is 12.0. The number of ether oxygens (including phenoxy) is 5. The van der Waals surface area contributed by atoms with Crippen LogP contribution in [0.1, 0.15) is 46.9 Å². The first-order valence-corrected chi connectivity index (χ1v) is 11.1. The molecule has 2 aromatic rings. The fourth-order valence-corrected chi connectivity index (χ4v) is 2.79. The lowest BCUT2D eigenvalue weighted by molar-refractivity contribution is -0.134. The maximum Gasteiger partial charge on any atom is 0.344 e. The Morgan fingerprint density at radius 2 is 1.59 bits per heavy atom. The molecule has 0 saturated carbocycles. The summed E-state index contributed by atoms with van der Waals surface area (Å²) in [6.07, 6.45) is 0.957.